The van der Waals surface area contributed by atoms with Crippen molar-refractivity contribution in [3.05, 3.63) is 65.5 Å². The summed E-state index contributed by atoms with van der Waals surface area (Å²) >= 11 is 0. The highest BCUT2D eigenvalue weighted by molar-refractivity contribution is 5.89. The number of pyridine rings is 1. The van der Waals surface area contributed by atoms with Crippen LogP contribution in [-0.4, -0.2) is 52.3 Å². The summed E-state index contributed by atoms with van der Waals surface area (Å²) in [5.41, 5.74) is 3.43. The Morgan fingerprint density at radius 3 is 2.64 bits per heavy atom. The lowest BCUT2D eigenvalue weighted by molar-refractivity contribution is -0.150. The number of hydrogen-bond donors (Lipinski definition) is 0. The van der Waals surface area contributed by atoms with Crippen molar-refractivity contribution in [2.24, 2.45) is 5.92 Å². The lowest BCUT2D eigenvalue weighted by Gasteiger charge is -2.40. The van der Waals surface area contributed by atoms with Gasteiger partial charge in [0.1, 0.15) is 0 Å². The van der Waals surface area contributed by atoms with Gasteiger partial charge in [-0.15, -0.1) is 0 Å². The first-order valence-corrected chi connectivity index (χ1v) is 9.71. The zero-order chi connectivity index (χ0) is 19.5. The summed E-state index contributed by atoms with van der Waals surface area (Å²) in [6, 6.07) is 12.0. The molecule has 0 N–H and O–H groups in total. The SMILES string of the molecule is Cc1ccccc1COC1CN(C(=O)[C@@H]2CC(=O)N(Cc3ccncc3)C2)C1. The van der Waals surface area contributed by atoms with Crippen LogP contribution in [0.25, 0.3) is 0 Å². The Bertz CT molecular complexity index is 849. The molecule has 2 aromatic rings. The van der Waals surface area contributed by atoms with Crippen LogP contribution in [0.2, 0.25) is 0 Å². The summed E-state index contributed by atoms with van der Waals surface area (Å²) in [4.78, 5) is 32.6. The van der Waals surface area contributed by atoms with Gasteiger partial charge in [-0.1, -0.05) is 24.3 Å². The summed E-state index contributed by atoms with van der Waals surface area (Å²) in [7, 11) is 0. The molecule has 4 rings (SSSR count). The third-order valence-electron chi connectivity index (χ3n) is 5.58. The first-order valence-electron chi connectivity index (χ1n) is 9.71. The fourth-order valence-electron chi connectivity index (χ4n) is 3.76. The number of ether oxygens (including phenoxy) is 1. The average molecular weight is 379 g/mol. The molecule has 2 aliphatic heterocycles. The average Bonchev–Trinajstić information content (AvgIpc) is 3.03. The molecule has 6 nitrogen and oxygen atoms in total. The molecule has 28 heavy (non-hydrogen) atoms. The molecule has 0 radical (unpaired) electrons. The van der Waals surface area contributed by atoms with Crippen molar-refractivity contribution in [1.29, 1.82) is 0 Å². The van der Waals surface area contributed by atoms with Gasteiger partial charge in [0.25, 0.3) is 0 Å². The summed E-state index contributed by atoms with van der Waals surface area (Å²) < 4.78 is 5.93. The molecule has 2 amide bonds. The number of nitrogens with zero attached hydrogens (tertiary/aromatic N) is 3. The number of aryl methyl sites for hydroxylation is 1. The standard InChI is InChI=1S/C22H25N3O3/c1-16-4-2-3-5-18(16)15-28-20-13-25(14-20)22(27)19-10-21(26)24(12-19)11-17-6-8-23-9-7-17/h2-9,19-20H,10-15H2,1H3/t19-/m1/s1. The summed E-state index contributed by atoms with van der Waals surface area (Å²) in [5.74, 6) is -0.129. The van der Waals surface area contributed by atoms with Gasteiger partial charge in [-0.2, -0.15) is 0 Å². The van der Waals surface area contributed by atoms with E-state index < -0.39 is 0 Å². The molecule has 2 saturated heterocycles. The van der Waals surface area contributed by atoms with Crippen LogP contribution in [-0.2, 0) is 27.5 Å². The zero-order valence-electron chi connectivity index (χ0n) is 16.1. The summed E-state index contributed by atoms with van der Waals surface area (Å²) in [6.45, 7) is 4.89. The van der Waals surface area contributed by atoms with Crippen molar-refractivity contribution < 1.29 is 14.3 Å². The van der Waals surface area contributed by atoms with E-state index in [9.17, 15) is 9.59 Å². The third-order valence-corrected chi connectivity index (χ3v) is 5.58. The number of benzene rings is 1. The van der Waals surface area contributed by atoms with Crippen molar-refractivity contribution in [3.63, 3.8) is 0 Å². The fourth-order valence-corrected chi connectivity index (χ4v) is 3.76. The van der Waals surface area contributed by atoms with E-state index in [1.807, 2.05) is 29.2 Å². The molecule has 2 aliphatic rings. The largest absolute Gasteiger partial charge is 0.370 e. The van der Waals surface area contributed by atoms with Gasteiger partial charge in [0, 0.05) is 45.0 Å². The van der Waals surface area contributed by atoms with Crippen molar-refractivity contribution in [2.75, 3.05) is 19.6 Å². The highest BCUT2D eigenvalue weighted by Gasteiger charge is 2.40. The Labute approximate surface area is 165 Å². The van der Waals surface area contributed by atoms with Crippen molar-refractivity contribution in [1.82, 2.24) is 14.8 Å². The number of hydrogen-bond acceptors (Lipinski definition) is 4. The maximum Gasteiger partial charge on any atom is 0.228 e. The van der Waals surface area contributed by atoms with Crippen LogP contribution in [0, 0.1) is 12.8 Å². The van der Waals surface area contributed by atoms with Gasteiger partial charge < -0.3 is 14.5 Å². The number of carbonyl (C=O) groups is 2. The molecule has 0 spiro atoms. The first kappa shape index (κ1) is 18.6. The minimum Gasteiger partial charge on any atom is -0.370 e. The highest BCUT2D eigenvalue weighted by Crippen LogP contribution is 2.25. The molecule has 0 unspecified atom stereocenters. The van der Waals surface area contributed by atoms with Crippen LogP contribution in [0.3, 0.4) is 0 Å². The Morgan fingerprint density at radius 1 is 1.14 bits per heavy atom. The number of rotatable bonds is 6. The van der Waals surface area contributed by atoms with Crippen molar-refractivity contribution in [2.45, 2.75) is 32.6 Å². The smallest absolute Gasteiger partial charge is 0.228 e. The molecule has 1 aromatic heterocycles. The van der Waals surface area contributed by atoms with Gasteiger partial charge in [-0.3, -0.25) is 14.6 Å². The molecular formula is C22H25N3O3. The van der Waals surface area contributed by atoms with E-state index in [4.69, 9.17) is 4.74 Å². The summed E-state index contributed by atoms with van der Waals surface area (Å²) in [6.07, 6.45) is 3.81. The molecule has 0 aliphatic carbocycles. The predicted molar refractivity (Wildman–Crippen MR) is 104 cm³/mol. The predicted octanol–water partition coefficient (Wildman–Crippen LogP) is 2.17. The second kappa shape index (κ2) is 8.10. The topological polar surface area (TPSA) is 62.7 Å². The molecule has 0 saturated carbocycles. The Morgan fingerprint density at radius 2 is 1.89 bits per heavy atom. The van der Waals surface area contributed by atoms with E-state index >= 15 is 0 Å². The minimum absolute atomic E-state index is 0.0445. The van der Waals surface area contributed by atoms with Gasteiger partial charge in [0.15, 0.2) is 0 Å². The van der Waals surface area contributed by atoms with E-state index in [0.29, 0.717) is 39.2 Å². The van der Waals surface area contributed by atoms with Crippen molar-refractivity contribution in [3.8, 4) is 0 Å². The molecular weight excluding hydrogens is 354 g/mol. The fraction of sp³-hybridized carbons (Fsp3) is 0.409. The van der Waals surface area contributed by atoms with Crippen LogP contribution < -0.4 is 0 Å². The first-order chi connectivity index (χ1) is 13.6. The molecule has 146 valence electrons. The normalized spacial score (nSPS) is 19.8. The molecule has 0 bridgehead atoms. The highest BCUT2D eigenvalue weighted by atomic mass is 16.5. The van der Waals surface area contributed by atoms with Gasteiger partial charge in [0.05, 0.1) is 18.6 Å². The molecule has 1 aromatic carbocycles. The van der Waals surface area contributed by atoms with Crippen LogP contribution in [0.1, 0.15) is 23.1 Å². The van der Waals surface area contributed by atoms with E-state index in [1.54, 1.807) is 17.3 Å². The number of carbonyl (C=O) groups excluding carboxylic acids is 2. The number of likely N-dealkylation sites (tertiary alicyclic amines) is 2. The summed E-state index contributed by atoms with van der Waals surface area (Å²) in [5, 5.41) is 0. The van der Waals surface area contributed by atoms with Crippen LogP contribution in [0.5, 0.6) is 0 Å². The van der Waals surface area contributed by atoms with Crippen molar-refractivity contribution >= 4 is 11.8 Å². The second-order valence-electron chi connectivity index (χ2n) is 7.63. The zero-order valence-corrected chi connectivity index (χ0v) is 16.1. The number of aromatic nitrogens is 1. The monoisotopic (exact) mass is 379 g/mol. The quantitative estimate of drug-likeness (QED) is 0.772. The Balaban J connectivity index is 1.24. The molecule has 2 fully saturated rings. The third kappa shape index (κ3) is 4.07. The van der Waals surface area contributed by atoms with E-state index in [0.717, 1.165) is 5.56 Å². The molecule has 6 heteroatoms. The number of amides is 2. The lowest BCUT2D eigenvalue weighted by Crippen LogP contribution is -2.56. The molecule has 1 atom stereocenters. The Kier molecular flexibility index (Phi) is 5.39. The Hall–Kier alpha value is -2.73. The second-order valence-corrected chi connectivity index (χ2v) is 7.63. The lowest BCUT2D eigenvalue weighted by atomic mass is 10.0. The van der Waals surface area contributed by atoms with Crippen LogP contribution in [0.15, 0.2) is 48.8 Å². The van der Waals surface area contributed by atoms with E-state index in [2.05, 4.69) is 24.0 Å². The van der Waals surface area contributed by atoms with Crippen LogP contribution in [0.4, 0.5) is 0 Å². The van der Waals surface area contributed by atoms with Gasteiger partial charge in [-0.05, 0) is 35.7 Å². The minimum atomic E-state index is -0.244. The van der Waals surface area contributed by atoms with E-state index in [1.165, 1.54) is 11.1 Å². The van der Waals surface area contributed by atoms with Gasteiger partial charge in [0.2, 0.25) is 11.8 Å². The van der Waals surface area contributed by atoms with E-state index in [-0.39, 0.29) is 23.8 Å². The van der Waals surface area contributed by atoms with Gasteiger partial charge >= 0.3 is 0 Å². The maximum absolute atomic E-state index is 12.7. The van der Waals surface area contributed by atoms with Gasteiger partial charge in [-0.25, -0.2) is 0 Å². The molecule has 3 heterocycles. The van der Waals surface area contributed by atoms with Crippen LogP contribution >= 0.6 is 0 Å². The maximum atomic E-state index is 12.7.